The summed E-state index contributed by atoms with van der Waals surface area (Å²) in [6, 6.07) is 0. The van der Waals surface area contributed by atoms with E-state index in [1.165, 1.54) is 6.42 Å². The second-order valence-corrected chi connectivity index (χ2v) is 7.61. The summed E-state index contributed by atoms with van der Waals surface area (Å²) < 4.78 is 0. The van der Waals surface area contributed by atoms with Crippen molar-refractivity contribution in [2.45, 2.75) is 27.2 Å². The molecule has 0 unspecified atom stereocenters. The first-order chi connectivity index (χ1) is 12.4. The van der Waals surface area contributed by atoms with Gasteiger partial charge < -0.3 is 20.4 Å². The molecule has 9 heteroatoms. The standard InChI is InChI=1S/C17H29N7O2/c1-4-21-5-7-22(8-6-21)16-14(24(25)26)15(18)19-17(20-16)23-10-12(2)9-13(3)11-23/h12-13H,4-11H2,1-3H3,(H2,18,19,20)/t12-,13-/m1/s1. The number of nitrogens with zero attached hydrogens (tertiary/aromatic N) is 6. The van der Waals surface area contributed by atoms with Crippen LogP contribution in [-0.2, 0) is 0 Å². The summed E-state index contributed by atoms with van der Waals surface area (Å²) in [4.78, 5) is 26.5. The van der Waals surface area contributed by atoms with Crippen molar-refractivity contribution in [2.75, 3.05) is 61.3 Å². The number of anilines is 3. The average Bonchev–Trinajstić information content (AvgIpc) is 2.60. The number of rotatable bonds is 4. The Morgan fingerprint density at radius 1 is 1.12 bits per heavy atom. The minimum Gasteiger partial charge on any atom is -0.378 e. The smallest absolute Gasteiger partial charge is 0.353 e. The zero-order valence-corrected chi connectivity index (χ0v) is 15.9. The van der Waals surface area contributed by atoms with Crippen molar-refractivity contribution in [3.63, 3.8) is 0 Å². The van der Waals surface area contributed by atoms with Crippen molar-refractivity contribution in [2.24, 2.45) is 11.8 Å². The van der Waals surface area contributed by atoms with Crippen LogP contribution in [0.2, 0.25) is 0 Å². The molecule has 2 N–H and O–H groups in total. The Kier molecular flexibility index (Phi) is 5.45. The number of likely N-dealkylation sites (N-methyl/N-ethyl adjacent to an activating group) is 1. The summed E-state index contributed by atoms with van der Waals surface area (Å²) in [5, 5.41) is 11.6. The van der Waals surface area contributed by atoms with Crippen LogP contribution in [0, 0.1) is 22.0 Å². The summed E-state index contributed by atoms with van der Waals surface area (Å²) in [5.41, 5.74) is 5.83. The van der Waals surface area contributed by atoms with Crippen LogP contribution in [0.1, 0.15) is 27.2 Å². The normalized spacial score (nSPS) is 24.7. The van der Waals surface area contributed by atoms with Gasteiger partial charge in [-0.15, -0.1) is 0 Å². The van der Waals surface area contributed by atoms with Gasteiger partial charge in [-0.3, -0.25) is 10.1 Å². The summed E-state index contributed by atoms with van der Waals surface area (Å²) in [5.74, 6) is 1.91. The van der Waals surface area contributed by atoms with E-state index in [9.17, 15) is 10.1 Å². The third-order valence-electron chi connectivity index (χ3n) is 5.33. The van der Waals surface area contributed by atoms with Crippen molar-refractivity contribution < 1.29 is 4.92 Å². The Morgan fingerprint density at radius 3 is 2.27 bits per heavy atom. The van der Waals surface area contributed by atoms with Crippen molar-refractivity contribution in [1.82, 2.24) is 14.9 Å². The van der Waals surface area contributed by atoms with E-state index in [4.69, 9.17) is 5.73 Å². The quantitative estimate of drug-likeness (QED) is 0.635. The Hall–Kier alpha value is -2.16. The van der Waals surface area contributed by atoms with Gasteiger partial charge in [-0.1, -0.05) is 20.8 Å². The lowest BCUT2D eigenvalue weighted by atomic mass is 9.92. The van der Waals surface area contributed by atoms with Gasteiger partial charge in [-0.05, 0) is 24.8 Å². The summed E-state index contributed by atoms with van der Waals surface area (Å²) in [6.45, 7) is 12.4. The summed E-state index contributed by atoms with van der Waals surface area (Å²) in [7, 11) is 0. The topological polar surface area (TPSA) is 105 Å². The number of nitrogen functional groups attached to an aromatic ring is 1. The van der Waals surface area contributed by atoms with Crippen LogP contribution >= 0.6 is 0 Å². The van der Waals surface area contributed by atoms with Crippen molar-refractivity contribution in [1.29, 1.82) is 0 Å². The second-order valence-electron chi connectivity index (χ2n) is 7.61. The lowest BCUT2D eigenvalue weighted by Crippen LogP contribution is -2.47. The molecule has 9 nitrogen and oxygen atoms in total. The molecule has 0 bridgehead atoms. The Balaban J connectivity index is 1.93. The third kappa shape index (κ3) is 3.82. The number of hydrogen-bond acceptors (Lipinski definition) is 8. The van der Waals surface area contributed by atoms with Crippen molar-refractivity contribution in [3.05, 3.63) is 10.1 Å². The first-order valence-electron chi connectivity index (χ1n) is 9.43. The lowest BCUT2D eigenvalue weighted by molar-refractivity contribution is -0.383. The molecule has 26 heavy (non-hydrogen) atoms. The zero-order valence-electron chi connectivity index (χ0n) is 15.9. The molecule has 2 aliphatic heterocycles. The zero-order chi connectivity index (χ0) is 18.8. The van der Waals surface area contributed by atoms with Crippen LogP contribution in [0.3, 0.4) is 0 Å². The molecular weight excluding hydrogens is 334 g/mol. The fraction of sp³-hybridized carbons (Fsp3) is 0.765. The van der Waals surface area contributed by atoms with Gasteiger partial charge in [0.05, 0.1) is 4.92 Å². The monoisotopic (exact) mass is 363 g/mol. The number of piperazine rings is 1. The van der Waals surface area contributed by atoms with Gasteiger partial charge in [0.2, 0.25) is 17.6 Å². The number of aromatic nitrogens is 2. The van der Waals surface area contributed by atoms with E-state index in [1.807, 2.05) is 4.90 Å². The highest BCUT2D eigenvalue weighted by Crippen LogP contribution is 2.34. The highest BCUT2D eigenvalue weighted by molar-refractivity contribution is 5.71. The van der Waals surface area contributed by atoms with E-state index in [2.05, 4.69) is 40.5 Å². The molecule has 3 rings (SSSR count). The lowest BCUT2D eigenvalue weighted by Gasteiger charge is -2.37. The fourth-order valence-corrected chi connectivity index (χ4v) is 4.09. The average molecular weight is 363 g/mol. The van der Waals surface area contributed by atoms with Gasteiger partial charge in [-0.25, -0.2) is 0 Å². The van der Waals surface area contributed by atoms with Gasteiger partial charge in [0, 0.05) is 39.3 Å². The highest BCUT2D eigenvalue weighted by atomic mass is 16.6. The Bertz CT molecular complexity index is 651. The molecule has 0 spiro atoms. The largest absolute Gasteiger partial charge is 0.378 e. The Morgan fingerprint density at radius 2 is 1.73 bits per heavy atom. The molecule has 0 aliphatic carbocycles. The third-order valence-corrected chi connectivity index (χ3v) is 5.33. The maximum atomic E-state index is 11.6. The van der Waals surface area contributed by atoms with Gasteiger partial charge in [0.15, 0.2) is 0 Å². The maximum Gasteiger partial charge on any atom is 0.353 e. The Labute approximate surface area is 154 Å². The molecule has 0 radical (unpaired) electrons. The first-order valence-corrected chi connectivity index (χ1v) is 9.43. The van der Waals surface area contributed by atoms with Crippen LogP contribution in [0.25, 0.3) is 0 Å². The molecule has 0 amide bonds. The van der Waals surface area contributed by atoms with Gasteiger partial charge in [-0.2, -0.15) is 9.97 Å². The predicted molar refractivity (Wildman–Crippen MR) is 103 cm³/mol. The molecule has 3 heterocycles. The van der Waals surface area contributed by atoms with Crippen LogP contribution in [0.4, 0.5) is 23.3 Å². The summed E-state index contributed by atoms with van der Waals surface area (Å²) in [6.07, 6.45) is 1.17. The second kappa shape index (κ2) is 7.61. The van der Waals surface area contributed by atoms with Crippen molar-refractivity contribution >= 4 is 23.3 Å². The first kappa shape index (κ1) is 18.6. The van der Waals surface area contributed by atoms with E-state index in [-0.39, 0.29) is 11.5 Å². The molecule has 0 aromatic carbocycles. The van der Waals surface area contributed by atoms with E-state index in [0.29, 0.717) is 36.7 Å². The molecule has 0 saturated carbocycles. The molecule has 1 aromatic heterocycles. The molecule has 2 saturated heterocycles. The van der Waals surface area contributed by atoms with Gasteiger partial charge in [0.25, 0.3) is 0 Å². The minimum atomic E-state index is -0.456. The van der Waals surface area contributed by atoms with Gasteiger partial charge in [0.1, 0.15) is 0 Å². The van der Waals surface area contributed by atoms with Crippen LogP contribution in [0.15, 0.2) is 0 Å². The van der Waals surface area contributed by atoms with E-state index < -0.39 is 4.92 Å². The molecule has 2 fully saturated rings. The minimum absolute atomic E-state index is 0.0428. The number of nitrogens with two attached hydrogens (primary N) is 1. The maximum absolute atomic E-state index is 11.6. The van der Waals surface area contributed by atoms with Crippen LogP contribution < -0.4 is 15.5 Å². The number of piperidine rings is 1. The number of hydrogen-bond donors (Lipinski definition) is 1. The molecule has 144 valence electrons. The summed E-state index contributed by atoms with van der Waals surface area (Å²) >= 11 is 0. The van der Waals surface area contributed by atoms with Gasteiger partial charge >= 0.3 is 5.69 Å². The van der Waals surface area contributed by atoms with E-state index in [0.717, 1.165) is 32.7 Å². The SMILES string of the molecule is CCN1CCN(c2nc(N3C[C@H](C)C[C@@H](C)C3)nc(N)c2[N+](=O)[O-])CC1. The molecule has 2 atom stereocenters. The van der Waals surface area contributed by atoms with Crippen LogP contribution in [-0.4, -0.2) is 65.6 Å². The fourth-order valence-electron chi connectivity index (χ4n) is 4.09. The van der Waals surface area contributed by atoms with E-state index in [1.54, 1.807) is 0 Å². The predicted octanol–water partition coefficient (Wildman–Crippen LogP) is 1.59. The van der Waals surface area contributed by atoms with E-state index >= 15 is 0 Å². The van der Waals surface area contributed by atoms with Crippen LogP contribution in [0.5, 0.6) is 0 Å². The molecule has 1 aromatic rings. The molecular formula is C17H29N7O2. The molecule has 2 aliphatic rings. The van der Waals surface area contributed by atoms with Crippen molar-refractivity contribution in [3.8, 4) is 0 Å². The number of nitro groups is 1. The highest BCUT2D eigenvalue weighted by Gasteiger charge is 2.32.